The zero-order chi connectivity index (χ0) is 13.3. The molecule has 3 nitrogen and oxygen atoms in total. The molecule has 3 heteroatoms. The molecule has 0 bridgehead atoms. The number of ether oxygens (including phenoxy) is 2. The van der Waals surface area contributed by atoms with E-state index in [9.17, 15) is 0 Å². The van der Waals surface area contributed by atoms with Crippen molar-refractivity contribution < 1.29 is 9.47 Å². The Balaban J connectivity index is 2.29. The highest BCUT2D eigenvalue weighted by Crippen LogP contribution is 2.38. The van der Waals surface area contributed by atoms with E-state index in [1.807, 2.05) is 0 Å². The van der Waals surface area contributed by atoms with Gasteiger partial charge in [-0.25, -0.2) is 0 Å². The third kappa shape index (κ3) is 6.17. The Kier molecular flexibility index (Phi) is 7.87. The van der Waals surface area contributed by atoms with Crippen molar-refractivity contribution in [2.45, 2.75) is 58.4 Å². The minimum atomic E-state index is 0.482. The smallest absolute Gasteiger partial charge is 0.0700 e. The Labute approximate surface area is 113 Å². The van der Waals surface area contributed by atoms with E-state index in [4.69, 9.17) is 9.47 Å². The van der Waals surface area contributed by atoms with Crippen molar-refractivity contribution in [3.63, 3.8) is 0 Å². The molecule has 0 atom stereocenters. The van der Waals surface area contributed by atoms with E-state index in [0.29, 0.717) is 18.1 Å². The number of methoxy groups -OCH3 is 1. The minimum absolute atomic E-state index is 0.482. The Morgan fingerprint density at radius 3 is 2.39 bits per heavy atom. The van der Waals surface area contributed by atoms with Gasteiger partial charge in [0.1, 0.15) is 0 Å². The highest BCUT2D eigenvalue weighted by atomic mass is 16.5. The van der Waals surface area contributed by atoms with Gasteiger partial charge in [0.2, 0.25) is 0 Å². The zero-order valence-corrected chi connectivity index (χ0v) is 12.5. The molecular weight excluding hydrogens is 226 g/mol. The predicted molar refractivity (Wildman–Crippen MR) is 76.0 cm³/mol. The molecule has 0 aromatic rings. The number of hydrogen-bond acceptors (Lipinski definition) is 3. The van der Waals surface area contributed by atoms with E-state index in [1.165, 1.54) is 38.5 Å². The van der Waals surface area contributed by atoms with Crippen LogP contribution >= 0.6 is 0 Å². The molecule has 1 N–H and O–H groups in total. The molecule has 0 unspecified atom stereocenters. The van der Waals surface area contributed by atoms with Crippen LogP contribution in [0.15, 0.2) is 0 Å². The van der Waals surface area contributed by atoms with E-state index in [-0.39, 0.29) is 0 Å². The van der Waals surface area contributed by atoms with Crippen molar-refractivity contribution in [2.75, 3.05) is 33.5 Å². The number of hydrogen-bond donors (Lipinski definition) is 1. The summed E-state index contributed by atoms with van der Waals surface area (Å²) in [6, 6.07) is 0.582. The quantitative estimate of drug-likeness (QED) is 0.644. The second-order valence-corrected chi connectivity index (χ2v) is 5.95. The molecule has 0 aromatic carbocycles. The first-order valence-electron chi connectivity index (χ1n) is 7.49. The largest absolute Gasteiger partial charge is 0.382 e. The van der Waals surface area contributed by atoms with Crippen LogP contribution in [0.2, 0.25) is 0 Å². The second kappa shape index (κ2) is 8.89. The predicted octanol–water partition coefficient (Wildman–Crippen LogP) is 2.99. The molecule has 1 fully saturated rings. The summed E-state index contributed by atoms with van der Waals surface area (Å²) in [6.07, 6.45) is 8.10. The first kappa shape index (κ1) is 15.9. The average Bonchev–Trinajstić information content (AvgIpc) is 2.38. The summed E-state index contributed by atoms with van der Waals surface area (Å²) in [5.41, 5.74) is 0.482. The Bertz CT molecular complexity index is 201. The fourth-order valence-corrected chi connectivity index (χ4v) is 2.77. The molecule has 0 aliphatic heterocycles. The highest BCUT2D eigenvalue weighted by molar-refractivity contribution is 4.85. The van der Waals surface area contributed by atoms with Crippen LogP contribution in [0.1, 0.15) is 52.4 Å². The van der Waals surface area contributed by atoms with E-state index in [2.05, 4.69) is 19.2 Å². The summed E-state index contributed by atoms with van der Waals surface area (Å²) >= 11 is 0. The molecule has 0 amide bonds. The lowest BCUT2D eigenvalue weighted by atomic mass is 9.72. The Hall–Kier alpha value is -0.120. The molecule has 1 saturated carbocycles. The minimum Gasteiger partial charge on any atom is -0.382 e. The second-order valence-electron chi connectivity index (χ2n) is 5.95. The summed E-state index contributed by atoms with van der Waals surface area (Å²) in [5.74, 6) is 0. The standard InChI is InChI=1S/C15H31NO2/c1-14(2)16-13-15(7-5-4-6-8-15)9-10-18-12-11-17-3/h14,16H,4-13H2,1-3H3. The van der Waals surface area contributed by atoms with E-state index in [1.54, 1.807) is 7.11 Å². The van der Waals surface area contributed by atoms with Crippen molar-refractivity contribution in [1.29, 1.82) is 0 Å². The third-order valence-corrected chi connectivity index (χ3v) is 4.01. The van der Waals surface area contributed by atoms with Gasteiger partial charge in [0.15, 0.2) is 0 Å². The average molecular weight is 257 g/mol. The van der Waals surface area contributed by atoms with Crippen LogP contribution in [-0.4, -0.2) is 39.5 Å². The van der Waals surface area contributed by atoms with Crippen LogP contribution in [0.5, 0.6) is 0 Å². The van der Waals surface area contributed by atoms with Crippen molar-refractivity contribution in [3.8, 4) is 0 Å². The molecule has 0 radical (unpaired) electrons. The molecule has 0 aromatic heterocycles. The van der Waals surface area contributed by atoms with Gasteiger partial charge in [0.25, 0.3) is 0 Å². The molecule has 0 spiro atoms. The lowest BCUT2D eigenvalue weighted by Gasteiger charge is -2.38. The SMILES string of the molecule is COCCOCCC1(CNC(C)C)CCCCC1. The van der Waals surface area contributed by atoms with Crippen LogP contribution < -0.4 is 5.32 Å². The summed E-state index contributed by atoms with van der Waals surface area (Å²) in [6.45, 7) is 7.92. The Morgan fingerprint density at radius 1 is 1.06 bits per heavy atom. The monoisotopic (exact) mass is 257 g/mol. The molecule has 108 valence electrons. The molecule has 1 aliphatic carbocycles. The molecule has 0 saturated heterocycles. The maximum atomic E-state index is 5.66. The highest BCUT2D eigenvalue weighted by Gasteiger charge is 2.31. The zero-order valence-electron chi connectivity index (χ0n) is 12.5. The maximum absolute atomic E-state index is 5.66. The van der Waals surface area contributed by atoms with Gasteiger partial charge in [0, 0.05) is 26.3 Å². The van der Waals surface area contributed by atoms with Gasteiger partial charge < -0.3 is 14.8 Å². The van der Waals surface area contributed by atoms with E-state index in [0.717, 1.165) is 19.8 Å². The van der Waals surface area contributed by atoms with Crippen LogP contribution in [0.3, 0.4) is 0 Å². The lowest BCUT2D eigenvalue weighted by molar-refractivity contribution is 0.0409. The van der Waals surface area contributed by atoms with E-state index >= 15 is 0 Å². The first-order chi connectivity index (χ1) is 8.68. The van der Waals surface area contributed by atoms with Gasteiger partial charge in [-0.3, -0.25) is 0 Å². The summed E-state index contributed by atoms with van der Waals surface area (Å²) < 4.78 is 10.7. The van der Waals surface area contributed by atoms with Crippen molar-refractivity contribution in [2.24, 2.45) is 5.41 Å². The van der Waals surface area contributed by atoms with Gasteiger partial charge in [-0.2, -0.15) is 0 Å². The molecule has 0 heterocycles. The molecule has 18 heavy (non-hydrogen) atoms. The van der Waals surface area contributed by atoms with Crippen molar-refractivity contribution in [1.82, 2.24) is 5.32 Å². The summed E-state index contributed by atoms with van der Waals surface area (Å²) in [7, 11) is 1.72. The Morgan fingerprint density at radius 2 is 1.78 bits per heavy atom. The van der Waals surface area contributed by atoms with Gasteiger partial charge in [-0.1, -0.05) is 33.1 Å². The lowest BCUT2D eigenvalue weighted by Crippen LogP contribution is -2.39. The fourth-order valence-electron chi connectivity index (χ4n) is 2.77. The van der Waals surface area contributed by atoms with Gasteiger partial charge >= 0.3 is 0 Å². The number of rotatable bonds is 9. The molecule has 1 aliphatic rings. The normalized spacial score (nSPS) is 19.3. The molecular formula is C15H31NO2. The maximum Gasteiger partial charge on any atom is 0.0700 e. The van der Waals surface area contributed by atoms with Crippen LogP contribution in [0, 0.1) is 5.41 Å². The first-order valence-corrected chi connectivity index (χ1v) is 7.49. The van der Waals surface area contributed by atoms with Gasteiger partial charge in [0.05, 0.1) is 13.2 Å². The van der Waals surface area contributed by atoms with E-state index < -0.39 is 0 Å². The molecule has 1 rings (SSSR count). The third-order valence-electron chi connectivity index (χ3n) is 4.01. The van der Waals surface area contributed by atoms with Gasteiger partial charge in [-0.05, 0) is 24.7 Å². The van der Waals surface area contributed by atoms with Crippen LogP contribution in [-0.2, 0) is 9.47 Å². The number of nitrogens with one attached hydrogen (secondary N) is 1. The van der Waals surface area contributed by atoms with Crippen molar-refractivity contribution in [3.05, 3.63) is 0 Å². The van der Waals surface area contributed by atoms with Gasteiger partial charge in [-0.15, -0.1) is 0 Å². The summed E-state index contributed by atoms with van der Waals surface area (Å²) in [4.78, 5) is 0. The summed E-state index contributed by atoms with van der Waals surface area (Å²) in [5, 5.41) is 3.63. The van der Waals surface area contributed by atoms with Crippen molar-refractivity contribution >= 4 is 0 Å². The topological polar surface area (TPSA) is 30.5 Å². The van der Waals surface area contributed by atoms with Crippen LogP contribution in [0.4, 0.5) is 0 Å². The van der Waals surface area contributed by atoms with Crippen LogP contribution in [0.25, 0.3) is 0 Å². The fraction of sp³-hybridized carbons (Fsp3) is 1.00.